The number of anilines is 1. The molecular formula is C30H39ClN6O3. The molecule has 3 aromatic rings. The Bertz CT molecular complexity index is 1430. The second kappa shape index (κ2) is 12.7. The lowest BCUT2D eigenvalue weighted by Gasteiger charge is -2.30. The van der Waals surface area contributed by atoms with Gasteiger partial charge >= 0.3 is 0 Å². The molecule has 0 radical (unpaired) electrons. The molecule has 9 nitrogen and oxygen atoms in total. The molecule has 2 aromatic heterocycles. The third-order valence-corrected chi connectivity index (χ3v) is 8.29. The molecule has 2 aliphatic rings. The molecule has 2 aliphatic heterocycles. The fraction of sp³-hybridized carbons (Fsp3) is 0.533. The molecule has 40 heavy (non-hydrogen) atoms. The fourth-order valence-corrected chi connectivity index (χ4v) is 6.00. The van der Waals surface area contributed by atoms with Gasteiger partial charge in [0.1, 0.15) is 5.65 Å². The van der Waals surface area contributed by atoms with Gasteiger partial charge in [0.25, 0.3) is 5.56 Å². The Kier molecular flexibility index (Phi) is 9.03. The number of methoxy groups -OCH3 is 1. The van der Waals surface area contributed by atoms with Gasteiger partial charge in [0.2, 0.25) is 5.95 Å². The zero-order valence-corrected chi connectivity index (χ0v) is 24.6. The summed E-state index contributed by atoms with van der Waals surface area (Å²) in [4.78, 5) is 30.5. The maximum absolute atomic E-state index is 14.2. The average molecular weight is 567 g/mol. The molecule has 5 rings (SSSR count). The van der Waals surface area contributed by atoms with Gasteiger partial charge in [-0.3, -0.25) is 9.36 Å². The second-order valence-corrected chi connectivity index (χ2v) is 11.4. The van der Waals surface area contributed by atoms with Crippen LogP contribution in [0.1, 0.15) is 51.1 Å². The lowest BCUT2D eigenvalue weighted by molar-refractivity contribution is 0.0903. The number of nitrogens with one attached hydrogen (secondary N) is 1. The highest BCUT2D eigenvalue weighted by atomic mass is 35.5. The first-order valence-electron chi connectivity index (χ1n) is 14.1. The summed E-state index contributed by atoms with van der Waals surface area (Å²) in [6.07, 6.45) is 5.82. The smallest absolute Gasteiger partial charge is 0.260 e. The summed E-state index contributed by atoms with van der Waals surface area (Å²) in [7, 11) is 3.74. The van der Waals surface area contributed by atoms with Crippen LogP contribution < -0.4 is 10.9 Å². The Morgan fingerprint density at radius 2 is 2.05 bits per heavy atom. The number of ether oxygens (including phenoxy) is 2. The molecule has 0 spiro atoms. The number of aromatic nitrogens is 3. The first kappa shape index (κ1) is 28.5. The van der Waals surface area contributed by atoms with E-state index in [1.165, 1.54) is 0 Å². The van der Waals surface area contributed by atoms with Crippen LogP contribution in [0.15, 0.2) is 40.2 Å². The molecule has 2 fully saturated rings. The minimum Gasteiger partial charge on any atom is -0.484 e. The predicted molar refractivity (Wildman–Crippen MR) is 160 cm³/mol. The van der Waals surface area contributed by atoms with E-state index in [0.29, 0.717) is 46.1 Å². The number of piperidine rings is 1. The van der Waals surface area contributed by atoms with Crippen molar-refractivity contribution in [3.8, 4) is 11.1 Å². The van der Waals surface area contributed by atoms with Crippen LogP contribution >= 0.6 is 11.6 Å². The van der Waals surface area contributed by atoms with Crippen molar-refractivity contribution < 1.29 is 9.47 Å². The summed E-state index contributed by atoms with van der Waals surface area (Å²) in [5.41, 5.74) is 2.75. The highest BCUT2D eigenvalue weighted by Gasteiger charge is 2.23. The molecule has 2 saturated heterocycles. The number of hydrogen-bond acceptors (Lipinski definition) is 8. The number of hydrogen-bond donors (Lipinski definition) is 1. The molecule has 214 valence electrons. The normalized spacial score (nSPS) is 20.0. The highest BCUT2D eigenvalue weighted by Crippen LogP contribution is 2.32. The number of aliphatic imine (C=N–C) groups is 1. The topological polar surface area (TPSA) is 93.9 Å². The number of benzene rings is 1. The van der Waals surface area contributed by atoms with Crippen LogP contribution in [0.4, 0.5) is 5.95 Å². The molecule has 0 amide bonds. The number of nitrogens with zero attached hydrogens (tertiary/aromatic N) is 5. The van der Waals surface area contributed by atoms with Crippen LogP contribution in [-0.4, -0.2) is 71.8 Å². The second-order valence-electron chi connectivity index (χ2n) is 11.0. The summed E-state index contributed by atoms with van der Waals surface area (Å²) in [5.74, 6) is 1.51. The molecule has 2 unspecified atom stereocenters. The van der Waals surface area contributed by atoms with Gasteiger partial charge in [-0.05, 0) is 69.8 Å². The van der Waals surface area contributed by atoms with E-state index < -0.39 is 0 Å². The zero-order chi connectivity index (χ0) is 28.2. The Morgan fingerprint density at radius 3 is 2.77 bits per heavy atom. The van der Waals surface area contributed by atoms with Gasteiger partial charge < -0.3 is 19.7 Å². The van der Waals surface area contributed by atoms with E-state index in [4.69, 9.17) is 26.1 Å². The van der Waals surface area contributed by atoms with Gasteiger partial charge in [0.05, 0.1) is 13.2 Å². The molecule has 0 aliphatic carbocycles. The Hall–Kier alpha value is -3.01. The van der Waals surface area contributed by atoms with Gasteiger partial charge in [0, 0.05) is 67.0 Å². The number of halogens is 1. The van der Waals surface area contributed by atoms with Gasteiger partial charge in [0.15, 0.2) is 5.90 Å². The molecule has 0 bridgehead atoms. The maximum Gasteiger partial charge on any atom is 0.260 e. The number of rotatable bonds is 7. The van der Waals surface area contributed by atoms with Crippen molar-refractivity contribution in [2.24, 2.45) is 10.9 Å². The van der Waals surface area contributed by atoms with Crippen LogP contribution in [-0.2, 0) is 16.0 Å². The summed E-state index contributed by atoms with van der Waals surface area (Å²) >= 11 is 6.81. The van der Waals surface area contributed by atoms with Crippen LogP contribution in [0.25, 0.3) is 22.2 Å². The van der Waals surface area contributed by atoms with E-state index in [-0.39, 0.29) is 17.6 Å². The van der Waals surface area contributed by atoms with Crippen molar-refractivity contribution in [1.82, 2.24) is 19.4 Å². The minimum atomic E-state index is -0.127. The van der Waals surface area contributed by atoms with E-state index in [2.05, 4.69) is 27.2 Å². The summed E-state index contributed by atoms with van der Waals surface area (Å²) < 4.78 is 12.5. The van der Waals surface area contributed by atoms with Gasteiger partial charge in [-0.1, -0.05) is 23.7 Å². The molecule has 1 N–H and O–H groups in total. The van der Waals surface area contributed by atoms with E-state index >= 15 is 0 Å². The molecule has 10 heteroatoms. The van der Waals surface area contributed by atoms with E-state index in [1.807, 2.05) is 48.9 Å². The minimum absolute atomic E-state index is 0.0904. The van der Waals surface area contributed by atoms with Crippen molar-refractivity contribution in [2.45, 2.75) is 58.2 Å². The SMILES string of the molecule is COC(C)=NC(C)c1ccc(-c2cc3cnc(NC4CCOCC4)nc3n(CC3CCCN(C)C3)c2=O)c(Cl)c1. The van der Waals surface area contributed by atoms with Crippen LogP contribution in [0.5, 0.6) is 0 Å². The Labute approximate surface area is 240 Å². The quantitative estimate of drug-likeness (QED) is 0.311. The lowest BCUT2D eigenvalue weighted by atomic mass is 9.97. The predicted octanol–water partition coefficient (Wildman–Crippen LogP) is 5.17. The first-order chi connectivity index (χ1) is 19.3. The largest absolute Gasteiger partial charge is 0.484 e. The summed E-state index contributed by atoms with van der Waals surface area (Å²) in [5, 5.41) is 4.77. The molecular weight excluding hydrogens is 528 g/mol. The van der Waals surface area contributed by atoms with Crippen molar-refractivity contribution in [3.63, 3.8) is 0 Å². The van der Waals surface area contributed by atoms with Gasteiger partial charge in [-0.25, -0.2) is 9.98 Å². The van der Waals surface area contributed by atoms with Gasteiger partial charge in [-0.2, -0.15) is 4.98 Å². The number of pyridine rings is 1. The first-order valence-corrected chi connectivity index (χ1v) is 14.5. The maximum atomic E-state index is 14.2. The fourth-order valence-electron chi connectivity index (χ4n) is 5.71. The van der Waals surface area contributed by atoms with E-state index in [1.54, 1.807) is 7.11 Å². The van der Waals surface area contributed by atoms with Crippen molar-refractivity contribution in [3.05, 3.63) is 51.4 Å². The highest BCUT2D eigenvalue weighted by molar-refractivity contribution is 6.33. The van der Waals surface area contributed by atoms with Crippen molar-refractivity contribution in [1.29, 1.82) is 0 Å². The van der Waals surface area contributed by atoms with Crippen LogP contribution in [0.2, 0.25) is 5.02 Å². The van der Waals surface area contributed by atoms with Crippen molar-refractivity contribution in [2.75, 3.05) is 45.8 Å². The van der Waals surface area contributed by atoms with Crippen LogP contribution in [0, 0.1) is 5.92 Å². The van der Waals surface area contributed by atoms with E-state index in [0.717, 1.165) is 62.9 Å². The third kappa shape index (κ3) is 6.48. The molecule has 2 atom stereocenters. The molecule has 4 heterocycles. The van der Waals surface area contributed by atoms with E-state index in [9.17, 15) is 4.79 Å². The molecule has 1 aromatic carbocycles. The number of fused-ring (bicyclic) bond motifs is 1. The monoisotopic (exact) mass is 566 g/mol. The van der Waals surface area contributed by atoms with Gasteiger partial charge in [-0.15, -0.1) is 0 Å². The standard InChI is InChI=1S/C30H39ClN6O3/c1-19(33-20(2)39-4)22-7-8-25(27(31)15-22)26-14-23-16-32-30(34-24-9-12-40-13-10-24)35-28(23)37(29(26)38)18-21-6-5-11-36(3)17-21/h7-8,14-16,19,21,24H,5-6,9-13,17-18H2,1-4H3,(H,32,34,35). The van der Waals surface area contributed by atoms with Crippen LogP contribution in [0.3, 0.4) is 0 Å². The third-order valence-electron chi connectivity index (χ3n) is 7.98. The molecule has 0 saturated carbocycles. The summed E-state index contributed by atoms with van der Waals surface area (Å²) in [6, 6.07) is 7.77. The average Bonchev–Trinajstić information content (AvgIpc) is 2.95. The number of likely N-dealkylation sites (tertiary alicyclic amines) is 1. The zero-order valence-electron chi connectivity index (χ0n) is 23.8. The Balaban J connectivity index is 1.55. The van der Waals surface area contributed by atoms with Crippen molar-refractivity contribution >= 4 is 34.5 Å². The summed E-state index contributed by atoms with van der Waals surface area (Å²) in [6.45, 7) is 7.89. The lowest BCUT2D eigenvalue weighted by Crippen LogP contribution is -2.36. The Morgan fingerprint density at radius 1 is 1.25 bits per heavy atom.